The Hall–Kier alpha value is -1.36. The van der Waals surface area contributed by atoms with Crippen molar-refractivity contribution in [2.75, 3.05) is 39.4 Å². The van der Waals surface area contributed by atoms with E-state index in [2.05, 4.69) is 42.4 Å². The lowest BCUT2D eigenvalue weighted by Gasteiger charge is -2.42. The van der Waals surface area contributed by atoms with E-state index in [1.165, 1.54) is 5.56 Å². The molecule has 0 amide bonds. The van der Waals surface area contributed by atoms with Gasteiger partial charge < -0.3 is 9.84 Å². The summed E-state index contributed by atoms with van der Waals surface area (Å²) in [5.41, 5.74) is 1.22. The van der Waals surface area contributed by atoms with Gasteiger partial charge in [0, 0.05) is 50.9 Å². The lowest BCUT2D eigenvalue weighted by molar-refractivity contribution is 0.0473. The predicted molar refractivity (Wildman–Crippen MR) is 99.3 cm³/mol. The molecule has 1 N–H and O–H groups in total. The molecule has 4 nitrogen and oxygen atoms in total. The van der Waals surface area contributed by atoms with Gasteiger partial charge in [0.25, 0.3) is 0 Å². The number of para-hydroxylation sites is 1. The van der Waals surface area contributed by atoms with Crippen LogP contribution in [0.1, 0.15) is 25.8 Å². The number of piperazine rings is 1. The fourth-order valence-electron chi connectivity index (χ4n) is 3.40. The van der Waals surface area contributed by atoms with Crippen LogP contribution in [0.25, 0.3) is 0 Å². The molecule has 1 aromatic carbocycles. The molecular weight excluding hydrogens is 300 g/mol. The summed E-state index contributed by atoms with van der Waals surface area (Å²) in [6.07, 6.45) is 2.62. The molecule has 1 atom stereocenters. The fourth-order valence-corrected chi connectivity index (χ4v) is 3.40. The van der Waals surface area contributed by atoms with Gasteiger partial charge in [-0.05, 0) is 18.4 Å². The van der Waals surface area contributed by atoms with Crippen molar-refractivity contribution < 1.29 is 9.84 Å². The van der Waals surface area contributed by atoms with E-state index in [-0.39, 0.29) is 6.61 Å². The van der Waals surface area contributed by atoms with Crippen LogP contribution in [0, 0.1) is 5.92 Å². The van der Waals surface area contributed by atoms with Crippen LogP contribution in [-0.4, -0.2) is 60.3 Å². The van der Waals surface area contributed by atoms with Crippen molar-refractivity contribution in [3.05, 3.63) is 42.5 Å². The summed E-state index contributed by atoms with van der Waals surface area (Å²) in [4.78, 5) is 5.02. The minimum atomic E-state index is 0.256. The molecule has 0 bridgehead atoms. The van der Waals surface area contributed by atoms with Gasteiger partial charge in [-0.3, -0.25) is 9.80 Å². The highest BCUT2D eigenvalue weighted by Crippen LogP contribution is 2.22. The number of ether oxygens (including phenoxy) is 1. The zero-order valence-electron chi connectivity index (χ0n) is 15.2. The summed E-state index contributed by atoms with van der Waals surface area (Å²) in [6, 6.07) is 8.68. The third kappa shape index (κ3) is 5.62. The molecule has 0 saturated carbocycles. The summed E-state index contributed by atoms with van der Waals surface area (Å²) < 4.78 is 5.78. The molecule has 1 aromatic rings. The van der Waals surface area contributed by atoms with Gasteiger partial charge in [0.05, 0.1) is 0 Å². The van der Waals surface area contributed by atoms with Gasteiger partial charge in [-0.25, -0.2) is 0 Å². The average Bonchev–Trinajstić information content (AvgIpc) is 2.56. The van der Waals surface area contributed by atoms with Crippen LogP contribution >= 0.6 is 0 Å². The maximum absolute atomic E-state index is 9.41. The van der Waals surface area contributed by atoms with Crippen LogP contribution in [0.4, 0.5) is 0 Å². The monoisotopic (exact) mass is 332 g/mol. The summed E-state index contributed by atoms with van der Waals surface area (Å²) >= 11 is 0. The van der Waals surface area contributed by atoms with Crippen LogP contribution in [-0.2, 0) is 6.54 Å². The standard InChI is InChI=1S/C20H32N2O2/c1-4-13-24-20-8-6-5-7-18(20)15-21-10-11-22(14-17(2)3)19(16-21)9-12-23/h4-8,17,19,23H,1,9-16H2,2-3H3/t19-/m0/s1. The molecular formula is C20H32N2O2. The normalized spacial score (nSPS) is 19.6. The van der Waals surface area contributed by atoms with Gasteiger partial charge >= 0.3 is 0 Å². The first-order chi connectivity index (χ1) is 11.6. The van der Waals surface area contributed by atoms with Crippen LogP contribution in [0.3, 0.4) is 0 Å². The highest BCUT2D eigenvalue weighted by Gasteiger charge is 2.27. The Morgan fingerprint density at radius 1 is 1.33 bits per heavy atom. The van der Waals surface area contributed by atoms with Crippen molar-refractivity contribution in [3.8, 4) is 5.75 Å². The molecule has 4 heteroatoms. The Morgan fingerprint density at radius 2 is 2.12 bits per heavy atom. The first-order valence-electron chi connectivity index (χ1n) is 9.03. The van der Waals surface area contributed by atoms with Gasteiger partial charge in [0.1, 0.15) is 12.4 Å². The predicted octanol–water partition coefficient (Wildman–Crippen LogP) is 2.78. The van der Waals surface area contributed by atoms with E-state index in [1.54, 1.807) is 6.08 Å². The minimum Gasteiger partial charge on any atom is -0.489 e. The lowest BCUT2D eigenvalue weighted by Crippen LogP contribution is -2.53. The number of hydrogen-bond donors (Lipinski definition) is 1. The number of benzene rings is 1. The molecule has 1 saturated heterocycles. The zero-order chi connectivity index (χ0) is 17.4. The lowest BCUT2D eigenvalue weighted by atomic mass is 10.1. The van der Waals surface area contributed by atoms with E-state index in [0.29, 0.717) is 18.6 Å². The topological polar surface area (TPSA) is 35.9 Å². The van der Waals surface area contributed by atoms with Crippen molar-refractivity contribution in [1.29, 1.82) is 0 Å². The van der Waals surface area contributed by atoms with Gasteiger partial charge in [-0.1, -0.05) is 44.7 Å². The molecule has 1 fully saturated rings. The van der Waals surface area contributed by atoms with Crippen molar-refractivity contribution in [1.82, 2.24) is 9.80 Å². The van der Waals surface area contributed by atoms with Gasteiger partial charge in [0.2, 0.25) is 0 Å². The molecule has 134 valence electrons. The Morgan fingerprint density at radius 3 is 2.83 bits per heavy atom. The number of rotatable bonds is 9. The van der Waals surface area contributed by atoms with Crippen LogP contribution in [0.2, 0.25) is 0 Å². The SMILES string of the molecule is C=CCOc1ccccc1CN1CCN(CC(C)C)[C@@H](CCO)C1. The quantitative estimate of drug-likeness (QED) is 0.706. The molecule has 0 radical (unpaired) electrons. The smallest absolute Gasteiger partial charge is 0.124 e. The molecule has 0 unspecified atom stereocenters. The number of nitrogens with zero attached hydrogens (tertiary/aromatic N) is 2. The van der Waals surface area contributed by atoms with E-state index >= 15 is 0 Å². The molecule has 1 heterocycles. The van der Waals surface area contributed by atoms with Crippen LogP contribution < -0.4 is 4.74 Å². The van der Waals surface area contributed by atoms with E-state index in [9.17, 15) is 5.11 Å². The number of aliphatic hydroxyl groups is 1. The second-order valence-electron chi connectivity index (χ2n) is 7.00. The van der Waals surface area contributed by atoms with Crippen molar-refractivity contribution in [2.45, 2.75) is 32.9 Å². The third-order valence-corrected chi connectivity index (χ3v) is 4.47. The molecule has 0 aliphatic carbocycles. The molecule has 0 spiro atoms. The Kier molecular flexibility index (Phi) is 7.76. The van der Waals surface area contributed by atoms with Crippen LogP contribution in [0.15, 0.2) is 36.9 Å². The maximum atomic E-state index is 9.41. The number of aliphatic hydroxyl groups excluding tert-OH is 1. The van der Waals surface area contributed by atoms with E-state index in [0.717, 1.165) is 44.9 Å². The first kappa shape index (κ1) is 19.0. The summed E-state index contributed by atoms with van der Waals surface area (Å²) in [6.45, 7) is 14.2. The average molecular weight is 332 g/mol. The van der Waals surface area contributed by atoms with Gasteiger partial charge in [0.15, 0.2) is 0 Å². The molecule has 1 aliphatic rings. The van der Waals surface area contributed by atoms with Crippen LogP contribution in [0.5, 0.6) is 5.75 Å². The molecule has 24 heavy (non-hydrogen) atoms. The summed E-state index contributed by atoms with van der Waals surface area (Å²) in [5, 5.41) is 9.41. The Bertz CT molecular complexity index is 504. The fraction of sp³-hybridized carbons (Fsp3) is 0.600. The zero-order valence-corrected chi connectivity index (χ0v) is 15.2. The molecule has 2 rings (SSSR count). The van der Waals surface area contributed by atoms with Gasteiger partial charge in [-0.15, -0.1) is 0 Å². The highest BCUT2D eigenvalue weighted by atomic mass is 16.5. The third-order valence-electron chi connectivity index (χ3n) is 4.47. The summed E-state index contributed by atoms with van der Waals surface area (Å²) in [7, 11) is 0. The second kappa shape index (κ2) is 9.82. The van der Waals surface area contributed by atoms with E-state index in [1.807, 2.05) is 12.1 Å². The van der Waals surface area contributed by atoms with Crippen molar-refractivity contribution in [3.63, 3.8) is 0 Å². The number of hydrogen-bond acceptors (Lipinski definition) is 4. The summed E-state index contributed by atoms with van der Waals surface area (Å²) in [5.74, 6) is 1.60. The van der Waals surface area contributed by atoms with Gasteiger partial charge in [-0.2, -0.15) is 0 Å². The van der Waals surface area contributed by atoms with E-state index in [4.69, 9.17) is 4.74 Å². The van der Waals surface area contributed by atoms with E-state index < -0.39 is 0 Å². The minimum absolute atomic E-state index is 0.256. The van der Waals surface area contributed by atoms with Crippen molar-refractivity contribution >= 4 is 0 Å². The Labute approximate surface area is 146 Å². The first-order valence-corrected chi connectivity index (χ1v) is 9.03. The second-order valence-corrected chi connectivity index (χ2v) is 7.00. The Balaban J connectivity index is 1.99. The molecule has 0 aromatic heterocycles. The largest absolute Gasteiger partial charge is 0.489 e. The maximum Gasteiger partial charge on any atom is 0.124 e. The van der Waals surface area contributed by atoms with Crippen molar-refractivity contribution in [2.24, 2.45) is 5.92 Å². The highest BCUT2D eigenvalue weighted by molar-refractivity contribution is 5.33. The molecule has 1 aliphatic heterocycles.